The van der Waals surface area contributed by atoms with Crippen LogP contribution >= 0.6 is 0 Å². The van der Waals surface area contributed by atoms with Gasteiger partial charge in [0.1, 0.15) is 17.5 Å². The zero-order chi connectivity index (χ0) is 18.9. The van der Waals surface area contributed by atoms with Crippen LogP contribution in [-0.4, -0.2) is 64.2 Å². The lowest BCUT2D eigenvalue weighted by molar-refractivity contribution is -0.146. The summed E-state index contributed by atoms with van der Waals surface area (Å²) in [4.78, 5) is 26.2. The van der Waals surface area contributed by atoms with Crippen molar-refractivity contribution >= 4 is 12.1 Å². The maximum Gasteiger partial charge on any atom is 0.411 e. The van der Waals surface area contributed by atoms with Gasteiger partial charge in [-0.15, -0.1) is 10.2 Å². The van der Waals surface area contributed by atoms with Crippen LogP contribution in [0.4, 0.5) is 4.79 Å². The number of ether oxygens (including phenoxy) is 3. The van der Waals surface area contributed by atoms with Crippen molar-refractivity contribution in [2.75, 3.05) is 26.9 Å². The molecule has 0 N–H and O–H groups in total. The number of methoxy groups -OCH3 is 1. The Morgan fingerprint density at radius 3 is 2.73 bits per heavy atom. The van der Waals surface area contributed by atoms with Crippen LogP contribution in [0.15, 0.2) is 0 Å². The van der Waals surface area contributed by atoms with Crippen LogP contribution in [0.2, 0.25) is 0 Å². The molecule has 3 heterocycles. The molecule has 0 bridgehead atoms. The van der Waals surface area contributed by atoms with E-state index in [2.05, 4.69) is 10.2 Å². The number of esters is 1. The SMILES string of the molecule is COC(=O)C1CCc2nnc(C3COCCN3C(=O)OC(C)(C)C)n2C1. The predicted octanol–water partition coefficient (Wildman–Crippen LogP) is 1.32. The second-order valence-corrected chi connectivity index (χ2v) is 7.61. The quantitative estimate of drug-likeness (QED) is 0.728. The normalized spacial score (nSPS) is 23.3. The molecule has 0 aliphatic carbocycles. The second kappa shape index (κ2) is 7.22. The number of carbonyl (C=O) groups is 2. The third-order valence-corrected chi connectivity index (χ3v) is 4.56. The van der Waals surface area contributed by atoms with Crippen LogP contribution in [0.3, 0.4) is 0 Å². The average Bonchev–Trinajstić information content (AvgIpc) is 3.02. The van der Waals surface area contributed by atoms with E-state index in [9.17, 15) is 9.59 Å². The molecule has 0 aromatic carbocycles. The number of aromatic nitrogens is 3. The van der Waals surface area contributed by atoms with Crippen molar-refractivity contribution in [2.24, 2.45) is 5.92 Å². The standard InChI is InChI=1S/C17H26N4O5/c1-17(2,3)26-16(23)20-7-8-25-10-12(20)14-19-18-13-6-5-11(9-21(13)14)15(22)24-4/h11-12H,5-10H2,1-4H3. The van der Waals surface area contributed by atoms with Crippen LogP contribution in [0.1, 0.15) is 44.9 Å². The Morgan fingerprint density at radius 2 is 2.04 bits per heavy atom. The molecule has 2 atom stereocenters. The molecule has 0 saturated carbocycles. The van der Waals surface area contributed by atoms with Crippen molar-refractivity contribution < 1.29 is 23.8 Å². The summed E-state index contributed by atoms with van der Waals surface area (Å²) in [7, 11) is 1.39. The van der Waals surface area contributed by atoms with E-state index in [-0.39, 0.29) is 11.9 Å². The molecular weight excluding hydrogens is 340 g/mol. The Bertz CT molecular complexity index is 681. The first-order chi connectivity index (χ1) is 12.3. The van der Waals surface area contributed by atoms with Gasteiger partial charge in [-0.05, 0) is 27.2 Å². The van der Waals surface area contributed by atoms with E-state index in [1.807, 2.05) is 25.3 Å². The van der Waals surface area contributed by atoms with E-state index in [1.54, 1.807) is 4.90 Å². The van der Waals surface area contributed by atoms with Crippen molar-refractivity contribution in [3.63, 3.8) is 0 Å². The third-order valence-electron chi connectivity index (χ3n) is 4.56. The molecule has 9 nitrogen and oxygen atoms in total. The molecule has 3 rings (SSSR count). The van der Waals surface area contributed by atoms with Crippen LogP contribution in [0.5, 0.6) is 0 Å². The Hall–Kier alpha value is -2.16. The Kier molecular flexibility index (Phi) is 5.17. The largest absolute Gasteiger partial charge is 0.469 e. The summed E-state index contributed by atoms with van der Waals surface area (Å²) in [5, 5.41) is 8.55. The molecule has 1 fully saturated rings. The molecule has 2 aliphatic heterocycles. The average molecular weight is 366 g/mol. The summed E-state index contributed by atoms with van der Waals surface area (Å²) in [6, 6.07) is -0.392. The molecule has 144 valence electrons. The van der Waals surface area contributed by atoms with E-state index in [4.69, 9.17) is 14.2 Å². The zero-order valence-electron chi connectivity index (χ0n) is 15.7. The molecule has 1 amide bonds. The lowest BCUT2D eigenvalue weighted by atomic mass is 9.99. The molecule has 2 aliphatic rings. The molecule has 9 heteroatoms. The molecule has 1 saturated heterocycles. The highest BCUT2D eigenvalue weighted by atomic mass is 16.6. The van der Waals surface area contributed by atoms with E-state index in [0.29, 0.717) is 45.0 Å². The first-order valence-electron chi connectivity index (χ1n) is 8.87. The topological polar surface area (TPSA) is 95.8 Å². The van der Waals surface area contributed by atoms with Crippen molar-refractivity contribution in [1.82, 2.24) is 19.7 Å². The maximum absolute atomic E-state index is 12.6. The number of nitrogens with zero attached hydrogens (tertiary/aromatic N) is 4. The van der Waals surface area contributed by atoms with Gasteiger partial charge in [-0.3, -0.25) is 9.69 Å². The van der Waals surface area contributed by atoms with Crippen LogP contribution in [0, 0.1) is 5.92 Å². The minimum Gasteiger partial charge on any atom is -0.469 e. The highest BCUT2D eigenvalue weighted by molar-refractivity contribution is 5.72. The Balaban J connectivity index is 1.84. The fraction of sp³-hybridized carbons (Fsp3) is 0.765. The molecule has 1 aromatic heterocycles. The first kappa shape index (κ1) is 18.6. The number of rotatable bonds is 2. The minimum atomic E-state index is -0.583. The van der Waals surface area contributed by atoms with Gasteiger partial charge in [0, 0.05) is 19.5 Å². The maximum atomic E-state index is 12.6. The molecule has 0 spiro atoms. The van der Waals surface area contributed by atoms with Crippen LogP contribution < -0.4 is 0 Å². The predicted molar refractivity (Wildman–Crippen MR) is 90.3 cm³/mol. The van der Waals surface area contributed by atoms with Gasteiger partial charge >= 0.3 is 12.1 Å². The van der Waals surface area contributed by atoms with Crippen molar-refractivity contribution in [2.45, 2.75) is 51.8 Å². The van der Waals surface area contributed by atoms with E-state index in [1.165, 1.54) is 7.11 Å². The number of carbonyl (C=O) groups excluding carboxylic acids is 2. The monoisotopic (exact) mass is 366 g/mol. The molecule has 0 radical (unpaired) electrons. The lowest BCUT2D eigenvalue weighted by Gasteiger charge is -2.36. The fourth-order valence-corrected chi connectivity index (χ4v) is 3.31. The first-order valence-corrected chi connectivity index (χ1v) is 8.87. The fourth-order valence-electron chi connectivity index (χ4n) is 3.31. The van der Waals surface area contributed by atoms with E-state index in [0.717, 1.165) is 5.82 Å². The lowest BCUT2D eigenvalue weighted by Crippen LogP contribution is -2.46. The molecule has 1 aromatic rings. The number of hydrogen-bond donors (Lipinski definition) is 0. The van der Waals surface area contributed by atoms with E-state index < -0.39 is 17.7 Å². The summed E-state index contributed by atoms with van der Waals surface area (Å²) in [5.41, 5.74) is -0.583. The van der Waals surface area contributed by atoms with Gasteiger partial charge in [-0.2, -0.15) is 0 Å². The minimum absolute atomic E-state index is 0.235. The number of aryl methyl sites for hydroxylation is 1. The van der Waals surface area contributed by atoms with Gasteiger partial charge in [0.2, 0.25) is 0 Å². The van der Waals surface area contributed by atoms with Crippen molar-refractivity contribution in [3.05, 3.63) is 11.6 Å². The molecular formula is C17H26N4O5. The summed E-state index contributed by atoms with van der Waals surface area (Å²) in [6.45, 7) is 7.13. The van der Waals surface area contributed by atoms with Gasteiger partial charge in [-0.1, -0.05) is 0 Å². The smallest absolute Gasteiger partial charge is 0.411 e. The van der Waals surface area contributed by atoms with Gasteiger partial charge < -0.3 is 18.8 Å². The van der Waals surface area contributed by atoms with Crippen molar-refractivity contribution in [3.8, 4) is 0 Å². The van der Waals surface area contributed by atoms with E-state index >= 15 is 0 Å². The highest BCUT2D eigenvalue weighted by Crippen LogP contribution is 2.29. The highest BCUT2D eigenvalue weighted by Gasteiger charge is 2.37. The summed E-state index contributed by atoms with van der Waals surface area (Å²) in [6.07, 6.45) is 0.928. The number of amides is 1. The zero-order valence-corrected chi connectivity index (χ0v) is 15.7. The molecule has 26 heavy (non-hydrogen) atoms. The number of fused-ring (bicyclic) bond motifs is 1. The summed E-state index contributed by atoms with van der Waals surface area (Å²) < 4.78 is 17.9. The number of morpholine rings is 1. The van der Waals surface area contributed by atoms with Gasteiger partial charge in [0.15, 0.2) is 5.82 Å². The number of hydrogen-bond acceptors (Lipinski definition) is 7. The van der Waals surface area contributed by atoms with Gasteiger partial charge in [0.25, 0.3) is 0 Å². The van der Waals surface area contributed by atoms with Gasteiger partial charge in [-0.25, -0.2) is 4.79 Å². The van der Waals surface area contributed by atoms with Gasteiger partial charge in [0.05, 0.1) is 26.2 Å². The third kappa shape index (κ3) is 3.82. The summed E-state index contributed by atoms with van der Waals surface area (Å²) in [5.74, 6) is 0.968. The summed E-state index contributed by atoms with van der Waals surface area (Å²) >= 11 is 0. The van der Waals surface area contributed by atoms with Crippen LogP contribution in [-0.2, 0) is 32.0 Å². The Labute approximate surface area is 152 Å². The Morgan fingerprint density at radius 1 is 1.27 bits per heavy atom. The second-order valence-electron chi connectivity index (χ2n) is 7.61. The van der Waals surface area contributed by atoms with Crippen LogP contribution in [0.25, 0.3) is 0 Å². The molecule has 2 unspecified atom stereocenters. The van der Waals surface area contributed by atoms with Crippen molar-refractivity contribution in [1.29, 1.82) is 0 Å².